The highest BCUT2D eigenvalue weighted by atomic mass is 79.9. The van der Waals surface area contributed by atoms with Gasteiger partial charge in [-0.05, 0) is 31.1 Å². The lowest BCUT2D eigenvalue weighted by Crippen LogP contribution is -2.64. The van der Waals surface area contributed by atoms with E-state index in [1.165, 1.54) is 0 Å². The van der Waals surface area contributed by atoms with Gasteiger partial charge in [0.05, 0.1) is 0 Å². The number of alkyl halides is 2. The first-order valence-corrected chi connectivity index (χ1v) is 6.15. The van der Waals surface area contributed by atoms with E-state index in [0.717, 1.165) is 0 Å². The lowest BCUT2D eigenvalue weighted by molar-refractivity contribution is -0.158. The van der Waals surface area contributed by atoms with Gasteiger partial charge in [0.15, 0.2) is 0 Å². The molecule has 0 amide bonds. The Morgan fingerprint density at radius 3 is 1.33 bits per heavy atom. The molecule has 0 radical (unpaired) electrons. The van der Waals surface area contributed by atoms with Crippen molar-refractivity contribution >= 4 is 43.8 Å². The molecule has 2 N–H and O–H groups in total. The first-order chi connectivity index (χ1) is 6.72. The molecule has 2 aliphatic carbocycles. The lowest BCUT2D eigenvalue weighted by atomic mass is 9.48. The Bertz CT molecular complexity index is 303. The molecule has 0 bridgehead atoms. The second-order valence-electron chi connectivity index (χ2n) is 4.75. The molecule has 0 aromatic rings. The number of hydrogen-bond acceptors (Lipinski definition) is 2. The summed E-state index contributed by atoms with van der Waals surface area (Å²) in [6, 6.07) is 0. The summed E-state index contributed by atoms with van der Waals surface area (Å²) in [4.78, 5) is 21.7. The van der Waals surface area contributed by atoms with Crippen molar-refractivity contribution in [2.45, 2.75) is 34.3 Å². The summed E-state index contributed by atoms with van der Waals surface area (Å²) in [6.07, 6.45) is 2.10. The Kier molecular flexibility index (Phi) is 2.26. The summed E-state index contributed by atoms with van der Waals surface area (Å²) in [6.45, 7) is 0. The Hall–Kier alpha value is -0.100. The largest absolute Gasteiger partial charge is 0.480 e. The molecule has 2 rings (SSSR count). The van der Waals surface area contributed by atoms with Gasteiger partial charge >= 0.3 is 11.9 Å². The van der Waals surface area contributed by atoms with Crippen LogP contribution in [0.2, 0.25) is 0 Å². The summed E-state index contributed by atoms with van der Waals surface area (Å²) >= 11 is 6.39. The predicted octanol–water partition coefficient (Wildman–Crippen LogP) is 2.00. The molecule has 4 nitrogen and oxygen atoms in total. The number of rotatable bonds is 2. The van der Waals surface area contributed by atoms with Gasteiger partial charge in [0.2, 0.25) is 0 Å². The molecule has 2 aliphatic rings. The van der Waals surface area contributed by atoms with Crippen molar-refractivity contribution in [1.29, 1.82) is 0 Å². The van der Waals surface area contributed by atoms with Gasteiger partial charge in [0.1, 0.15) is 8.65 Å². The van der Waals surface area contributed by atoms with Gasteiger partial charge in [-0.15, -0.1) is 0 Å². The standard InChI is InChI=1S/C9H10Br2O4/c10-8(5(12)13)1-7(2-8)3-9(11,4-7)6(14)15/h1-4H2,(H,12,13)(H,14,15). The molecule has 0 aromatic heterocycles. The van der Waals surface area contributed by atoms with Crippen molar-refractivity contribution in [3.8, 4) is 0 Å². The van der Waals surface area contributed by atoms with E-state index in [1.807, 2.05) is 0 Å². The van der Waals surface area contributed by atoms with Gasteiger partial charge < -0.3 is 10.2 Å². The smallest absolute Gasteiger partial charge is 0.320 e. The maximum absolute atomic E-state index is 10.9. The number of halogens is 2. The van der Waals surface area contributed by atoms with Crippen molar-refractivity contribution in [2.75, 3.05) is 0 Å². The Labute approximate surface area is 103 Å². The van der Waals surface area contributed by atoms with Gasteiger partial charge in [0, 0.05) is 0 Å². The molecule has 0 saturated heterocycles. The van der Waals surface area contributed by atoms with E-state index < -0.39 is 20.6 Å². The first-order valence-electron chi connectivity index (χ1n) is 4.56. The van der Waals surface area contributed by atoms with Gasteiger partial charge in [-0.1, -0.05) is 31.9 Å². The normalized spacial score (nSPS) is 48.1. The van der Waals surface area contributed by atoms with Crippen LogP contribution >= 0.6 is 31.9 Å². The maximum Gasteiger partial charge on any atom is 0.320 e. The Morgan fingerprint density at radius 1 is 0.867 bits per heavy atom. The molecule has 1 spiro atoms. The molecule has 84 valence electrons. The highest BCUT2D eigenvalue weighted by Crippen LogP contribution is 2.68. The minimum absolute atomic E-state index is 0.0796. The molecule has 0 aromatic carbocycles. The number of carboxylic acids is 2. The van der Waals surface area contributed by atoms with E-state index in [9.17, 15) is 9.59 Å². The van der Waals surface area contributed by atoms with Crippen LogP contribution in [0, 0.1) is 5.41 Å². The highest BCUT2D eigenvalue weighted by Gasteiger charge is 2.68. The van der Waals surface area contributed by atoms with Gasteiger partial charge in [-0.2, -0.15) is 0 Å². The number of aliphatic carboxylic acids is 2. The molecule has 15 heavy (non-hydrogen) atoms. The average molecular weight is 342 g/mol. The van der Waals surface area contributed by atoms with Crippen LogP contribution < -0.4 is 0 Å². The molecule has 0 unspecified atom stereocenters. The number of hydrogen-bond donors (Lipinski definition) is 2. The third kappa shape index (κ3) is 1.53. The summed E-state index contributed by atoms with van der Waals surface area (Å²) in [5.41, 5.74) is -0.0796. The minimum atomic E-state index is -0.851. The zero-order valence-corrected chi connectivity index (χ0v) is 11.0. The zero-order chi connectivity index (χ0) is 11.5. The molecule has 0 aliphatic heterocycles. The SMILES string of the molecule is O=C(O)C1(Br)CC2(C1)CC(Br)(C(=O)O)C2. The fourth-order valence-corrected chi connectivity index (χ4v) is 5.21. The first kappa shape index (κ1) is 11.4. The second kappa shape index (κ2) is 2.97. The van der Waals surface area contributed by atoms with E-state index in [1.54, 1.807) is 0 Å². The number of carboxylic acid groups (broad SMARTS) is 2. The van der Waals surface area contributed by atoms with Crippen molar-refractivity contribution in [3.63, 3.8) is 0 Å². The molecule has 2 saturated carbocycles. The summed E-state index contributed by atoms with van der Waals surface area (Å²) in [7, 11) is 0. The molecular formula is C9H10Br2O4. The predicted molar refractivity (Wildman–Crippen MR) is 59.5 cm³/mol. The lowest BCUT2D eigenvalue weighted by Gasteiger charge is -2.61. The third-order valence-electron chi connectivity index (χ3n) is 3.39. The van der Waals surface area contributed by atoms with Crippen LogP contribution in [-0.4, -0.2) is 30.8 Å². The molecular weight excluding hydrogens is 332 g/mol. The highest BCUT2D eigenvalue weighted by molar-refractivity contribution is 9.10. The Balaban J connectivity index is 1.98. The van der Waals surface area contributed by atoms with E-state index in [4.69, 9.17) is 10.2 Å². The van der Waals surface area contributed by atoms with E-state index in [0.29, 0.717) is 25.7 Å². The van der Waals surface area contributed by atoms with Gasteiger partial charge in [-0.3, -0.25) is 9.59 Å². The fraction of sp³-hybridized carbons (Fsp3) is 0.778. The fourth-order valence-electron chi connectivity index (χ4n) is 2.83. The van der Waals surface area contributed by atoms with Crippen LogP contribution in [0.4, 0.5) is 0 Å². The van der Waals surface area contributed by atoms with Crippen molar-refractivity contribution in [2.24, 2.45) is 5.41 Å². The third-order valence-corrected chi connectivity index (χ3v) is 5.19. The van der Waals surface area contributed by atoms with Crippen LogP contribution in [0.3, 0.4) is 0 Å². The molecule has 0 atom stereocenters. The van der Waals surface area contributed by atoms with Crippen LogP contribution in [0.15, 0.2) is 0 Å². The van der Waals surface area contributed by atoms with Crippen LogP contribution in [0.25, 0.3) is 0 Å². The molecule has 6 heteroatoms. The monoisotopic (exact) mass is 340 g/mol. The van der Waals surface area contributed by atoms with E-state index in [-0.39, 0.29) is 5.41 Å². The van der Waals surface area contributed by atoms with Crippen molar-refractivity contribution < 1.29 is 19.8 Å². The molecule has 0 heterocycles. The van der Waals surface area contributed by atoms with Crippen molar-refractivity contribution in [1.82, 2.24) is 0 Å². The summed E-state index contributed by atoms with van der Waals surface area (Å²) < 4.78 is -1.64. The second-order valence-corrected chi connectivity index (χ2v) is 7.78. The quantitative estimate of drug-likeness (QED) is 0.753. The summed E-state index contributed by atoms with van der Waals surface area (Å²) in [5, 5.41) is 17.8. The van der Waals surface area contributed by atoms with E-state index in [2.05, 4.69) is 31.9 Å². The maximum atomic E-state index is 10.9. The summed E-state index contributed by atoms with van der Waals surface area (Å²) in [5.74, 6) is -1.70. The average Bonchev–Trinajstić information content (AvgIpc) is 1.97. The van der Waals surface area contributed by atoms with Gasteiger partial charge in [0.25, 0.3) is 0 Å². The van der Waals surface area contributed by atoms with Crippen LogP contribution in [0.1, 0.15) is 25.7 Å². The minimum Gasteiger partial charge on any atom is -0.480 e. The van der Waals surface area contributed by atoms with Crippen LogP contribution in [0.5, 0.6) is 0 Å². The van der Waals surface area contributed by atoms with Crippen molar-refractivity contribution in [3.05, 3.63) is 0 Å². The Morgan fingerprint density at radius 2 is 1.13 bits per heavy atom. The number of carbonyl (C=O) groups is 2. The molecule has 2 fully saturated rings. The van der Waals surface area contributed by atoms with Crippen LogP contribution in [-0.2, 0) is 9.59 Å². The zero-order valence-electron chi connectivity index (χ0n) is 7.80. The topological polar surface area (TPSA) is 74.6 Å². The van der Waals surface area contributed by atoms with E-state index >= 15 is 0 Å². The van der Waals surface area contributed by atoms with Gasteiger partial charge in [-0.25, -0.2) is 0 Å².